The molecule has 22 heavy (non-hydrogen) atoms. The van der Waals surface area contributed by atoms with E-state index in [0.29, 0.717) is 12.0 Å². The van der Waals surface area contributed by atoms with E-state index in [1.54, 1.807) is 12.1 Å². The summed E-state index contributed by atoms with van der Waals surface area (Å²) < 4.78 is 0. The molecule has 2 aromatic rings. The third-order valence-corrected chi connectivity index (χ3v) is 3.63. The molecule has 0 amide bonds. The Labute approximate surface area is 131 Å². The van der Waals surface area contributed by atoms with Crippen LogP contribution in [0.5, 0.6) is 0 Å². The fourth-order valence-electron chi connectivity index (χ4n) is 2.77. The van der Waals surface area contributed by atoms with Crippen LogP contribution in [0.4, 0.5) is 17.1 Å². The number of rotatable bonds is 6. The van der Waals surface area contributed by atoms with E-state index in [1.807, 2.05) is 30.3 Å². The molecule has 4 heteroatoms. The van der Waals surface area contributed by atoms with E-state index in [9.17, 15) is 10.1 Å². The summed E-state index contributed by atoms with van der Waals surface area (Å²) in [5, 5.41) is 10.8. The Morgan fingerprint density at radius 3 is 2.00 bits per heavy atom. The molecule has 0 aliphatic rings. The molecule has 0 radical (unpaired) electrons. The molecule has 0 saturated carbocycles. The van der Waals surface area contributed by atoms with Crippen molar-refractivity contribution in [2.24, 2.45) is 5.92 Å². The Bertz CT molecular complexity index is 609. The Balaban J connectivity index is 2.37. The van der Waals surface area contributed by atoms with Crippen LogP contribution in [0.1, 0.15) is 27.2 Å². The minimum absolute atomic E-state index is 0.119. The molecule has 0 heterocycles. The summed E-state index contributed by atoms with van der Waals surface area (Å²) in [6, 6.07) is 17.2. The van der Waals surface area contributed by atoms with Crippen LogP contribution in [-0.4, -0.2) is 11.0 Å². The Morgan fingerprint density at radius 1 is 0.955 bits per heavy atom. The SMILES string of the molecule is CC(C)CC(C)N(c1ccccc1)c1ccc([N+](=O)[O-])cc1. The second kappa shape index (κ2) is 7.07. The lowest BCUT2D eigenvalue weighted by molar-refractivity contribution is -0.384. The predicted octanol–water partition coefficient (Wildman–Crippen LogP) is 5.17. The van der Waals surface area contributed by atoms with Crippen molar-refractivity contribution in [1.29, 1.82) is 0 Å². The largest absolute Gasteiger partial charge is 0.339 e. The minimum atomic E-state index is -0.367. The van der Waals surface area contributed by atoms with E-state index in [2.05, 4.69) is 37.8 Å². The van der Waals surface area contributed by atoms with Crippen molar-refractivity contribution < 1.29 is 4.92 Å². The predicted molar refractivity (Wildman–Crippen MR) is 90.6 cm³/mol. The van der Waals surface area contributed by atoms with Gasteiger partial charge in [0.05, 0.1) is 4.92 Å². The zero-order chi connectivity index (χ0) is 16.1. The molecular weight excluding hydrogens is 276 g/mol. The van der Waals surface area contributed by atoms with Gasteiger partial charge in [-0.3, -0.25) is 10.1 Å². The Hall–Kier alpha value is -2.36. The first-order chi connectivity index (χ1) is 10.5. The lowest BCUT2D eigenvalue weighted by atomic mass is 10.0. The van der Waals surface area contributed by atoms with Gasteiger partial charge in [-0.2, -0.15) is 0 Å². The van der Waals surface area contributed by atoms with E-state index in [4.69, 9.17) is 0 Å². The number of non-ortho nitro benzene ring substituents is 1. The molecular formula is C18H22N2O2. The number of para-hydroxylation sites is 1. The zero-order valence-corrected chi connectivity index (χ0v) is 13.3. The lowest BCUT2D eigenvalue weighted by Crippen LogP contribution is -2.29. The van der Waals surface area contributed by atoms with Crippen molar-refractivity contribution in [3.8, 4) is 0 Å². The highest BCUT2D eigenvalue weighted by Gasteiger charge is 2.18. The molecule has 0 aliphatic carbocycles. The van der Waals surface area contributed by atoms with E-state index < -0.39 is 0 Å². The van der Waals surface area contributed by atoms with Gasteiger partial charge in [-0.1, -0.05) is 32.0 Å². The molecule has 1 atom stereocenters. The van der Waals surface area contributed by atoms with Crippen LogP contribution in [0.15, 0.2) is 54.6 Å². The Morgan fingerprint density at radius 2 is 1.50 bits per heavy atom. The molecule has 0 N–H and O–H groups in total. The Kier molecular flexibility index (Phi) is 5.15. The highest BCUT2D eigenvalue weighted by Crippen LogP contribution is 2.31. The van der Waals surface area contributed by atoms with Crippen LogP contribution < -0.4 is 4.90 Å². The molecule has 0 aromatic heterocycles. The summed E-state index contributed by atoms with van der Waals surface area (Å²) in [7, 11) is 0. The number of anilines is 2. The molecule has 0 saturated heterocycles. The maximum atomic E-state index is 10.8. The van der Waals surface area contributed by atoms with Crippen molar-refractivity contribution in [3.05, 3.63) is 64.7 Å². The molecule has 2 rings (SSSR count). The van der Waals surface area contributed by atoms with E-state index >= 15 is 0 Å². The second-order valence-electron chi connectivity index (χ2n) is 5.96. The van der Waals surface area contributed by atoms with E-state index in [-0.39, 0.29) is 10.6 Å². The second-order valence-corrected chi connectivity index (χ2v) is 5.96. The molecule has 1 unspecified atom stereocenters. The molecule has 4 nitrogen and oxygen atoms in total. The van der Waals surface area contributed by atoms with Crippen LogP contribution in [0.2, 0.25) is 0 Å². The third-order valence-electron chi connectivity index (χ3n) is 3.63. The highest BCUT2D eigenvalue weighted by molar-refractivity contribution is 5.65. The van der Waals surface area contributed by atoms with Gasteiger partial charge >= 0.3 is 0 Å². The van der Waals surface area contributed by atoms with Crippen molar-refractivity contribution in [1.82, 2.24) is 0 Å². The number of benzene rings is 2. The smallest absolute Gasteiger partial charge is 0.269 e. The maximum Gasteiger partial charge on any atom is 0.269 e. The van der Waals surface area contributed by atoms with Gasteiger partial charge < -0.3 is 4.90 Å². The molecule has 0 bridgehead atoms. The standard InChI is InChI=1S/C18H22N2O2/c1-14(2)13-15(3)19(16-7-5-4-6-8-16)17-9-11-18(12-10-17)20(21)22/h4-12,14-15H,13H2,1-3H3. The van der Waals surface area contributed by atoms with Crippen LogP contribution in [-0.2, 0) is 0 Å². The van der Waals surface area contributed by atoms with E-state index in [0.717, 1.165) is 17.8 Å². The van der Waals surface area contributed by atoms with Gasteiger partial charge in [0.15, 0.2) is 0 Å². The molecule has 2 aromatic carbocycles. The quantitative estimate of drug-likeness (QED) is 0.546. The fraction of sp³-hybridized carbons (Fsp3) is 0.333. The average molecular weight is 298 g/mol. The summed E-state index contributed by atoms with van der Waals surface area (Å²) in [5.74, 6) is 0.583. The zero-order valence-electron chi connectivity index (χ0n) is 13.3. The van der Waals surface area contributed by atoms with Crippen molar-refractivity contribution in [2.45, 2.75) is 33.2 Å². The highest BCUT2D eigenvalue weighted by atomic mass is 16.6. The number of hydrogen-bond acceptors (Lipinski definition) is 3. The lowest BCUT2D eigenvalue weighted by Gasteiger charge is -2.32. The first-order valence-electron chi connectivity index (χ1n) is 7.57. The van der Waals surface area contributed by atoms with Gasteiger partial charge in [0.1, 0.15) is 0 Å². The van der Waals surface area contributed by atoms with Crippen LogP contribution in [0, 0.1) is 16.0 Å². The van der Waals surface area contributed by atoms with E-state index in [1.165, 1.54) is 0 Å². The van der Waals surface area contributed by atoms with Gasteiger partial charge in [-0.15, -0.1) is 0 Å². The summed E-state index contributed by atoms with van der Waals surface area (Å²) >= 11 is 0. The summed E-state index contributed by atoms with van der Waals surface area (Å²) in [5.41, 5.74) is 2.20. The van der Waals surface area contributed by atoms with Crippen molar-refractivity contribution in [3.63, 3.8) is 0 Å². The van der Waals surface area contributed by atoms with Gasteiger partial charge in [-0.05, 0) is 43.5 Å². The van der Waals surface area contributed by atoms with Gasteiger partial charge in [-0.25, -0.2) is 0 Å². The summed E-state index contributed by atoms with van der Waals surface area (Å²) in [6.45, 7) is 6.60. The average Bonchev–Trinajstić information content (AvgIpc) is 2.48. The topological polar surface area (TPSA) is 46.4 Å². The van der Waals surface area contributed by atoms with Crippen LogP contribution >= 0.6 is 0 Å². The number of nitro groups is 1. The normalized spacial score (nSPS) is 12.2. The number of hydrogen-bond donors (Lipinski definition) is 0. The molecule has 0 fully saturated rings. The minimum Gasteiger partial charge on any atom is -0.339 e. The first kappa shape index (κ1) is 16.0. The maximum absolute atomic E-state index is 10.8. The van der Waals surface area contributed by atoms with Gasteiger partial charge in [0.25, 0.3) is 5.69 Å². The fourth-order valence-corrected chi connectivity index (χ4v) is 2.77. The summed E-state index contributed by atoms with van der Waals surface area (Å²) in [6.07, 6.45) is 1.05. The summed E-state index contributed by atoms with van der Waals surface area (Å²) in [4.78, 5) is 12.7. The van der Waals surface area contributed by atoms with Crippen LogP contribution in [0.25, 0.3) is 0 Å². The number of nitrogens with zero attached hydrogens (tertiary/aromatic N) is 2. The van der Waals surface area contributed by atoms with Crippen molar-refractivity contribution in [2.75, 3.05) is 4.90 Å². The molecule has 0 spiro atoms. The van der Waals surface area contributed by atoms with Gasteiger partial charge in [0, 0.05) is 29.5 Å². The van der Waals surface area contributed by atoms with Crippen LogP contribution in [0.3, 0.4) is 0 Å². The van der Waals surface area contributed by atoms with Gasteiger partial charge in [0.2, 0.25) is 0 Å². The number of nitro benzene ring substituents is 1. The third kappa shape index (κ3) is 3.85. The molecule has 0 aliphatic heterocycles. The monoisotopic (exact) mass is 298 g/mol. The first-order valence-corrected chi connectivity index (χ1v) is 7.57. The molecule has 116 valence electrons. The van der Waals surface area contributed by atoms with Crippen molar-refractivity contribution >= 4 is 17.1 Å².